The number of benzene rings is 1. The van der Waals surface area contributed by atoms with Gasteiger partial charge in [-0.3, -0.25) is 9.20 Å². The first-order valence-corrected chi connectivity index (χ1v) is 8.36. The van der Waals surface area contributed by atoms with E-state index in [0.29, 0.717) is 16.9 Å². The first-order chi connectivity index (χ1) is 11.9. The number of halogens is 1. The van der Waals surface area contributed by atoms with Crippen LogP contribution in [-0.4, -0.2) is 29.4 Å². The van der Waals surface area contributed by atoms with Crippen LogP contribution in [0.3, 0.4) is 0 Å². The SMILES string of the molecule is CN(C)c1ccc(C(=O)OCc2cc(=O)n3cc(Br)ccc3n2)cc1. The number of pyridine rings is 1. The summed E-state index contributed by atoms with van der Waals surface area (Å²) < 4.78 is 7.48. The minimum absolute atomic E-state index is 0.0595. The first-order valence-electron chi connectivity index (χ1n) is 7.56. The van der Waals surface area contributed by atoms with Gasteiger partial charge in [-0.25, -0.2) is 9.78 Å². The number of esters is 1. The quantitative estimate of drug-likeness (QED) is 0.628. The molecular weight excluding hydrogens is 386 g/mol. The van der Waals surface area contributed by atoms with E-state index in [1.807, 2.05) is 31.1 Å². The number of rotatable bonds is 4. The average Bonchev–Trinajstić information content (AvgIpc) is 2.60. The van der Waals surface area contributed by atoms with Crippen molar-refractivity contribution in [1.29, 1.82) is 0 Å². The summed E-state index contributed by atoms with van der Waals surface area (Å²) in [7, 11) is 3.85. The van der Waals surface area contributed by atoms with E-state index in [2.05, 4.69) is 20.9 Å². The number of fused-ring (bicyclic) bond motifs is 1. The lowest BCUT2D eigenvalue weighted by atomic mass is 10.2. The predicted octanol–water partition coefficient (Wildman–Crippen LogP) is 2.88. The third-order valence-electron chi connectivity index (χ3n) is 3.65. The lowest BCUT2D eigenvalue weighted by molar-refractivity contribution is 0.0467. The highest BCUT2D eigenvalue weighted by Gasteiger charge is 2.10. The van der Waals surface area contributed by atoms with Gasteiger partial charge in [-0.15, -0.1) is 0 Å². The van der Waals surface area contributed by atoms with Crippen LogP contribution in [0.15, 0.2) is 57.9 Å². The normalized spacial score (nSPS) is 10.7. The highest BCUT2D eigenvalue weighted by molar-refractivity contribution is 9.10. The van der Waals surface area contributed by atoms with Crippen molar-refractivity contribution in [3.63, 3.8) is 0 Å². The van der Waals surface area contributed by atoms with E-state index in [-0.39, 0.29) is 12.2 Å². The van der Waals surface area contributed by atoms with Crippen LogP contribution < -0.4 is 10.5 Å². The molecule has 0 unspecified atom stereocenters. The summed E-state index contributed by atoms with van der Waals surface area (Å²) in [6, 6.07) is 12.0. The van der Waals surface area contributed by atoms with E-state index in [4.69, 9.17) is 4.74 Å². The van der Waals surface area contributed by atoms with Crippen molar-refractivity contribution >= 4 is 33.2 Å². The molecule has 0 aliphatic heterocycles. The van der Waals surface area contributed by atoms with Gasteiger partial charge >= 0.3 is 5.97 Å². The largest absolute Gasteiger partial charge is 0.456 e. The van der Waals surface area contributed by atoms with Crippen LogP contribution in [0.4, 0.5) is 5.69 Å². The van der Waals surface area contributed by atoms with E-state index < -0.39 is 5.97 Å². The van der Waals surface area contributed by atoms with E-state index in [1.165, 1.54) is 10.5 Å². The number of hydrogen-bond acceptors (Lipinski definition) is 5. The summed E-state index contributed by atoms with van der Waals surface area (Å²) >= 11 is 3.31. The smallest absolute Gasteiger partial charge is 0.338 e. The van der Waals surface area contributed by atoms with E-state index >= 15 is 0 Å². The molecular formula is C18H16BrN3O3. The van der Waals surface area contributed by atoms with E-state index in [9.17, 15) is 9.59 Å². The molecule has 0 aliphatic rings. The van der Waals surface area contributed by atoms with Gasteiger partial charge in [0.2, 0.25) is 0 Å². The zero-order valence-electron chi connectivity index (χ0n) is 13.8. The molecule has 0 aliphatic carbocycles. The van der Waals surface area contributed by atoms with Crippen molar-refractivity contribution in [1.82, 2.24) is 9.38 Å². The van der Waals surface area contributed by atoms with Crippen molar-refractivity contribution in [2.75, 3.05) is 19.0 Å². The molecule has 0 atom stereocenters. The van der Waals surface area contributed by atoms with Crippen molar-refractivity contribution in [2.24, 2.45) is 0 Å². The van der Waals surface area contributed by atoms with Crippen LogP contribution in [0.25, 0.3) is 5.65 Å². The fourth-order valence-electron chi connectivity index (χ4n) is 2.32. The average molecular weight is 402 g/mol. The Morgan fingerprint density at radius 3 is 2.60 bits per heavy atom. The fourth-order valence-corrected chi connectivity index (χ4v) is 2.66. The Kier molecular flexibility index (Phi) is 4.85. The number of aromatic nitrogens is 2. The molecule has 6 nitrogen and oxygen atoms in total. The first kappa shape index (κ1) is 17.2. The molecule has 3 aromatic rings. The summed E-state index contributed by atoms with van der Waals surface area (Å²) in [5, 5.41) is 0. The Bertz CT molecular complexity index is 981. The molecule has 7 heteroatoms. The summed E-state index contributed by atoms with van der Waals surface area (Å²) in [5.41, 5.74) is 2.12. The number of hydrogen-bond donors (Lipinski definition) is 0. The van der Waals surface area contributed by atoms with Crippen LogP contribution in [0.2, 0.25) is 0 Å². The molecule has 0 fully saturated rings. The highest BCUT2D eigenvalue weighted by Crippen LogP contribution is 2.14. The summed E-state index contributed by atoms with van der Waals surface area (Å²) in [4.78, 5) is 30.5. The second kappa shape index (κ2) is 7.06. The molecule has 2 aromatic heterocycles. The number of carbonyl (C=O) groups is 1. The van der Waals surface area contributed by atoms with Gasteiger partial charge in [0.15, 0.2) is 0 Å². The molecule has 128 valence electrons. The second-order valence-electron chi connectivity index (χ2n) is 5.68. The maximum absolute atomic E-state index is 12.1. The van der Waals surface area contributed by atoms with Gasteiger partial charge in [-0.1, -0.05) is 0 Å². The summed E-state index contributed by atoms with van der Waals surface area (Å²) in [5.74, 6) is -0.455. The maximum atomic E-state index is 12.1. The van der Waals surface area contributed by atoms with Gasteiger partial charge in [0.1, 0.15) is 12.3 Å². The van der Waals surface area contributed by atoms with Crippen LogP contribution in [0.1, 0.15) is 16.1 Å². The lowest BCUT2D eigenvalue weighted by Crippen LogP contribution is -2.16. The van der Waals surface area contributed by atoms with Crippen molar-refractivity contribution in [3.8, 4) is 0 Å². The van der Waals surface area contributed by atoms with Crippen LogP contribution in [0, 0.1) is 0 Å². The molecule has 1 aromatic carbocycles. The topological polar surface area (TPSA) is 63.9 Å². The molecule has 3 rings (SSSR count). The van der Waals surface area contributed by atoms with E-state index in [0.717, 1.165) is 10.2 Å². The Labute approximate surface area is 152 Å². The van der Waals surface area contributed by atoms with Gasteiger partial charge in [-0.05, 0) is 52.3 Å². The van der Waals surface area contributed by atoms with Crippen LogP contribution >= 0.6 is 15.9 Å². The molecule has 0 saturated carbocycles. The second-order valence-corrected chi connectivity index (χ2v) is 6.59. The summed E-state index contributed by atoms with van der Waals surface area (Å²) in [6.45, 7) is -0.0595. The van der Waals surface area contributed by atoms with Crippen molar-refractivity contribution in [3.05, 3.63) is 74.7 Å². The maximum Gasteiger partial charge on any atom is 0.338 e. The third-order valence-corrected chi connectivity index (χ3v) is 4.12. The number of nitrogens with zero attached hydrogens (tertiary/aromatic N) is 3. The molecule has 0 spiro atoms. The Balaban J connectivity index is 1.74. The van der Waals surface area contributed by atoms with Gasteiger partial charge in [0, 0.05) is 36.5 Å². The van der Waals surface area contributed by atoms with Crippen LogP contribution in [0.5, 0.6) is 0 Å². The molecule has 0 amide bonds. The predicted molar refractivity (Wildman–Crippen MR) is 99.1 cm³/mol. The standard InChI is InChI=1S/C18H16BrN3O3/c1-21(2)15-6-3-12(4-7-15)18(24)25-11-14-9-17(23)22-10-13(19)5-8-16(22)20-14/h3-10H,11H2,1-2H3. The van der Waals surface area contributed by atoms with Gasteiger partial charge in [0.25, 0.3) is 5.56 Å². The van der Waals surface area contributed by atoms with Gasteiger partial charge in [0.05, 0.1) is 11.3 Å². The zero-order chi connectivity index (χ0) is 18.0. The van der Waals surface area contributed by atoms with Crippen LogP contribution in [-0.2, 0) is 11.3 Å². The number of anilines is 1. The third kappa shape index (κ3) is 3.88. The molecule has 0 bridgehead atoms. The minimum atomic E-state index is -0.455. The molecule has 0 saturated heterocycles. The van der Waals surface area contributed by atoms with Crippen molar-refractivity contribution < 1.29 is 9.53 Å². The fraction of sp³-hybridized carbons (Fsp3) is 0.167. The molecule has 0 radical (unpaired) electrons. The Hall–Kier alpha value is -2.67. The monoisotopic (exact) mass is 401 g/mol. The van der Waals surface area contributed by atoms with Gasteiger partial charge in [-0.2, -0.15) is 0 Å². The van der Waals surface area contributed by atoms with E-state index in [1.54, 1.807) is 30.5 Å². The summed E-state index contributed by atoms with van der Waals surface area (Å²) in [6.07, 6.45) is 1.65. The Morgan fingerprint density at radius 2 is 1.92 bits per heavy atom. The zero-order valence-corrected chi connectivity index (χ0v) is 15.4. The Morgan fingerprint density at radius 1 is 1.20 bits per heavy atom. The highest BCUT2D eigenvalue weighted by atomic mass is 79.9. The van der Waals surface area contributed by atoms with Gasteiger partial charge < -0.3 is 9.64 Å². The lowest BCUT2D eigenvalue weighted by Gasteiger charge is -2.12. The minimum Gasteiger partial charge on any atom is -0.456 e. The molecule has 25 heavy (non-hydrogen) atoms. The number of ether oxygens (including phenoxy) is 1. The van der Waals surface area contributed by atoms with Crippen molar-refractivity contribution in [2.45, 2.75) is 6.61 Å². The number of carbonyl (C=O) groups excluding carboxylic acids is 1. The molecule has 2 heterocycles. The molecule has 0 N–H and O–H groups in total.